The van der Waals surface area contributed by atoms with E-state index in [1.54, 1.807) is 17.0 Å². The van der Waals surface area contributed by atoms with Crippen molar-refractivity contribution in [1.82, 2.24) is 15.0 Å². The number of nitro groups is 1. The quantitative estimate of drug-likeness (QED) is 0.522. The van der Waals surface area contributed by atoms with Crippen molar-refractivity contribution in [3.8, 4) is 11.4 Å². The number of hydrogen-bond donors (Lipinski definition) is 1. The van der Waals surface area contributed by atoms with Crippen LogP contribution in [0.15, 0.2) is 53.1 Å². The highest BCUT2D eigenvalue weighted by Gasteiger charge is 2.34. The van der Waals surface area contributed by atoms with Gasteiger partial charge in [-0.15, -0.1) is 0 Å². The van der Waals surface area contributed by atoms with Gasteiger partial charge in [-0.25, -0.2) is 9.18 Å². The number of carbonyl (C=O) groups excluding carboxylic acids is 1. The van der Waals surface area contributed by atoms with E-state index in [-0.39, 0.29) is 23.6 Å². The zero-order valence-corrected chi connectivity index (χ0v) is 15.1. The van der Waals surface area contributed by atoms with Gasteiger partial charge in [-0.3, -0.25) is 10.1 Å². The molecule has 148 valence electrons. The third-order valence-electron chi connectivity index (χ3n) is 4.67. The number of nitrogens with zero attached hydrogens (tertiary/aromatic N) is 4. The van der Waals surface area contributed by atoms with E-state index in [0.29, 0.717) is 35.9 Å². The maximum absolute atomic E-state index is 13.1. The minimum absolute atomic E-state index is 0.0544. The molecule has 1 atom stereocenters. The lowest BCUT2D eigenvalue weighted by Crippen LogP contribution is -2.34. The van der Waals surface area contributed by atoms with Crippen LogP contribution in [-0.2, 0) is 0 Å². The molecular formula is C19H16FN5O4. The monoisotopic (exact) mass is 397 g/mol. The molecule has 10 heteroatoms. The van der Waals surface area contributed by atoms with E-state index in [0.717, 1.165) is 6.42 Å². The van der Waals surface area contributed by atoms with Gasteiger partial charge in [-0.05, 0) is 49.2 Å². The van der Waals surface area contributed by atoms with Gasteiger partial charge in [0, 0.05) is 29.9 Å². The van der Waals surface area contributed by atoms with Crippen LogP contribution in [0.5, 0.6) is 0 Å². The lowest BCUT2D eigenvalue weighted by molar-refractivity contribution is -0.384. The number of urea groups is 1. The smallest absolute Gasteiger partial charge is 0.322 e. The van der Waals surface area contributed by atoms with E-state index in [2.05, 4.69) is 15.5 Å². The summed E-state index contributed by atoms with van der Waals surface area (Å²) >= 11 is 0. The van der Waals surface area contributed by atoms with Crippen LogP contribution >= 0.6 is 0 Å². The van der Waals surface area contributed by atoms with Gasteiger partial charge in [0.1, 0.15) is 11.9 Å². The van der Waals surface area contributed by atoms with Gasteiger partial charge in [0.2, 0.25) is 11.7 Å². The normalized spacial score (nSPS) is 16.0. The minimum Gasteiger partial charge on any atom is -0.337 e. The summed E-state index contributed by atoms with van der Waals surface area (Å²) in [6, 6.07) is 10.6. The SMILES string of the molecule is O=C(Nc1ccc([N+](=O)[O-])cc1)N1CCC[C@H]1c1nc(-c2ccc(F)cc2)no1. The van der Waals surface area contributed by atoms with Crippen molar-refractivity contribution in [2.24, 2.45) is 0 Å². The van der Waals surface area contributed by atoms with E-state index in [9.17, 15) is 19.3 Å². The fourth-order valence-electron chi connectivity index (χ4n) is 3.22. The van der Waals surface area contributed by atoms with Crippen LogP contribution in [-0.4, -0.2) is 32.5 Å². The largest absolute Gasteiger partial charge is 0.337 e. The average molecular weight is 397 g/mol. The fourth-order valence-corrected chi connectivity index (χ4v) is 3.22. The lowest BCUT2D eigenvalue weighted by atomic mass is 10.2. The van der Waals surface area contributed by atoms with Crippen LogP contribution < -0.4 is 5.32 Å². The van der Waals surface area contributed by atoms with E-state index in [4.69, 9.17) is 4.52 Å². The molecule has 1 fully saturated rings. The maximum atomic E-state index is 13.1. The van der Waals surface area contributed by atoms with Gasteiger partial charge in [-0.2, -0.15) is 4.98 Å². The number of nitrogens with one attached hydrogen (secondary N) is 1. The molecule has 0 saturated carbocycles. The average Bonchev–Trinajstić information content (AvgIpc) is 3.38. The highest BCUT2D eigenvalue weighted by Crippen LogP contribution is 2.32. The number of aromatic nitrogens is 2. The molecule has 3 aromatic rings. The van der Waals surface area contributed by atoms with Crippen LogP contribution in [0.4, 0.5) is 20.6 Å². The number of amides is 2. The molecule has 0 aliphatic carbocycles. The molecule has 1 N–H and O–H groups in total. The van der Waals surface area contributed by atoms with Gasteiger partial charge in [0.15, 0.2) is 0 Å². The Morgan fingerprint density at radius 1 is 1.21 bits per heavy atom. The first-order valence-electron chi connectivity index (χ1n) is 8.93. The molecule has 2 heterocycles. The van der Waals surface area contributed by atoms with Crippen molar-refractivity contribution in [3.05, 3.63) is 70.4 Å². The van der Waals surface area contributed by atoms with Gasteiger partial charge in [0.05, 0.1) is 4.92 Å². The van der Waals surface area contributed by atoms with Crippen LogP contribution in [0.3, 0.4) is 0 Å². The van der Waals surface area contributed by atoms with Crippen LogP contribution in [0.1, 0.15) is 24.8 Å². The molecule has 1 aromatic heterocycles. The van der Waals surface area contributed by atoms with Crippen molar-refractivity contribution in [2.45, 2.75) is 18.9 Å². The second-order valence-corrected chi connectivity index (χ2v) is 6.55. The molecule has 0 spiro atoms. The standard InChI is InChI=1S/C19H16FN5O4/c20-13-5-3-12(4-6-13)17-22-18(29-23-17)16-2-1-11-24(16)19(26)21-14-7-9-15(10-8-14)25(27)28/h3-10,16H,1-2,11H2,(H,21,26)/t16-/m0/s1. The number of hydrogen-bond acceptors (Lipinski definition) is 6. The Morgan fingerprint density at radius 3 is 2.62 bits per heavy atom. The molecule has 29 heavy (non-hydrogen) atoms. The number of rotatable bonds is 4. The van der Waals surface area contributed by atoms with Crippen LogP contribution in [0.2, 0.25) is 0 Å². The highest BCUT2D eigenvalue weighted by molar-refractivity contribution is 5.89. The van der Waals surface area contributed by atoms with Crippen molar-refractivity contribution in [3.63, 3.8) is 0 Å². The predicted molar refractivity (Wildman–Crippen MR) is 100 cm³/mol. The first-order valence-corrected chi connectivity index (χ1v) is 8.93. The first kappa shape index (κ1) is 18.5. The second kappa shape index (κ2) is 7.66. The van der Waals surface area contributed by atoms with Crippen molar-refractivity contribution >= 4 is 17.4 Å². The predicted octanol–water partition coefficient (Wildman–Crippen LogP) is 4.15. The zero-order chi connectivity index (χ0) is 20.4. The van der Waals surface area contributed by atoms with Crippen LogP contribution in [0, 0.1) is 15.9 Å². The molecule has 2 aromatic carbocycles. The van der Waals surface area contributed by atoms with Crippen LogP contribution in [0.25, 0.3) is 11.4 Å². The molecule has 0 radical (unpaired) electrons. The third-order valence-corrected chi connectivity index (χ3v) is 4.67. The number of non-ortho nitro benzene ring substituents is 1. The van der Waals surface area contributed by atoms with Gasteiger partial charge in [0.25, 0.3) is 5.69 Å². The number of benzene rings is 2. The topological polar surface area (TPSA) is 114 Å². The minimum atomic E-state index is -0.504. The maximum Gasteiger partial charge on any atom is 0.322 e. The van der Waals surface area contributed by atoms with Gasteiger partial charge < -0.3 is 14.7 Å². The third kappa shape index (κ3) is 3.91. The molecule has 1 aliphatic rings. The van der Waals surface area contributed by atoms with Crippen molar-refractivity contribution < 1.29 is 18.6 Å². The molecule has 2 amide bonds. The fraction of sp³-hybridized carbons (Fsp3) is 0.211. The summed E-state index contributed by atoms with van der Waals surface area (Å²) in [7, 11) is 0. The van der Waals surface area contributed by atoms with Gasteiger partial charge in [-0.1, -0.05) is 5.16 Å². The Morgan fingerprint density at radius 2 is 1.93 bits per heavy atom. The number of nitro benzene ring substituents is 1. The molecular weight excluding hydrogens is 381 g/mol. The lowest BCUT2D eigenvalue weighted by Gasteiger charge is -2.22. The summed E-state index contributed by atoms with van der Waals surface area (Å²) in [5.41, 5.74) is 1.01. The van der Waals surface area contributed by atoms with Gasteiger partial charge >= 0.3 is 6.03 Å². The molecule has 4 rings (SSSR count). The summed E-state index contributed by atoms with van der Waals surface area (Å²) in [6.07, 6.45) is 1.44. The molecule has 9 nitrogen and oxygen atoms in total. The van der Waals surface area contributed by atoms with E-state index in [1.165, 1.54) is 36.4 Å². The van der Waals surface area contributed by atoms with Crippen molar-refractivity contribution in [2.75, 3.05) is 11.9 Å². The summed E-state index contributed by atoms with van der Waals surface area (Å²) in [5, 5.41) is 17.4. The number of anilines is 1. The first-order chi connectivity index (χ1) is 14.0. The number of likely N-dealkylation sites (tertiary alicyclic amines) is 1. The second-order valence-electron chi connectivity index (χ2n) is 6.55. The summed E-state index contributed by atoms with van der Waals surface area (Å²) in [6.45, 7) is 0.512. The zero-order valence-electron chi connectivity index (χ0n) is 15.1. The van der Waals surface area contributed by atoms with E-state index >= 15 is 0 Å². The van der Waals surface area contributed by atoms with Crippen molar-refractivity contribution in [1.29, 1.82) is 0 Å². The summed E-state index contributed by atoms with van der Waals surface area (Å²) in [4.78, 5) is 28.9. The Kier molecular flexibility index (Phi) is 4.90. The Labute approximate surface area is 164 Å². The molecule has 0 bridgehead atoms. The Bertz CT molecular complexity index is 1040. The molecule has 1 saturated heterocycles. The number of halogens is 1. The highest BCUT2D eigenvalue weighted by atomic mass is 19.1. The van der Waals surface area contributed by atoms with E-state index in [1.807, 2.05) is 0 Å². The summed E-state index contributed by atoms with van der Waals surface area (Å²) < 4.78 is 18.4. The molecule has 1 aliphatic heterocycles. The van der Waals surface area contributed by atoms with E-state index < -0.39 is 4.92 Å². The summed E-state index contributed by atoms with van der Waals surface area (Å²) in [5.74, 6) is 0.269. The Balaban J connectivity index is 1.48. The number of carbonyl (C=O) groups is 1. The molecule has 0 unspecified atom stereocenters. The Hall–Kier alpha value is -3.82.